The summed E-state index contributed by atoms with van der Waals surface area (Å²) in [5.41, 5.74) is 2.06. The molecule has 2 unspecified atom stereocenters. The molecule has 0 aromatic heterocycles. The number of benzene rings is 1. The SMILES string of the molecule is CCNCC(Cc1cc(F)ccc1C)C1CCS(=O)(=O)C1. The highest BCUT2D eigenvalue weighted by atomic mass is 32.2. The quantitative estimate of drug-likeness (QED) is 0.877. The van der Waals surface area contributed by atoms with Crippen molar-refractivity contribution >= 4 is 9.84 Å². The Morgan fingerprint density at radius 1 is 1.43 bits per heavy atom. The monoisotopic (exact) mass is 313 g/mol. The Hall–Kier alpha value is -0.940. The summed E-state index contributed by atoms with van der Waals surface area (Å²) >= 11 is 0. The minimum atomic E-state index is -2.88. The Bertz CT molecular complexity index is 586. The normalized spacial score (nSPS) is 22.3. The van der Waals surface area contributed by atoms with Crippen molar-refractivity contribution in [3.8, 4) is 0 Å². The van der Waals surface area contributed by atoms with E-state index in [0.29, 0.717) is 5.75 Å². The van der Waals surface area contributed by atoms with Crippen LogP contribution >= 0.6 is 0 Å². The van der Waals surface area contributed by atoms with Gasteiger partial charge < -0.3 is 5.32 Å². The smallest absolute Gasteiger partial charge is 0.150 e. The van der Waals surface area contributed by atoms with Gasteiger partial charge in [0.05, 0.1) is 11.5 Å². The van der Waals surface area contributed by atoms with Crippen molar-refractivity contribution in [1.29, 1.82) is 0 Å². The number of nitrogens with one attached hydrogen (secondary N) is 1. The summed E-state index contributed by atoms with van der Waals surface area (Å²) < 4.78 is 36.9. The van der Waals surface area contributed by atoms with Gasteiger partial charge in [-0.1, -0.05) is 13.0 Å². The largest absolute Gasteiger partial charge is 0.317 e. The van der Waals surface area contributed by atoms with Crippen LogP contribution in [0.4, 0.5) is 4.39 Å². The lowest BCUT2D eigenvalue weighted by molar-refractivity contribution is 0.345. The van der Waals surface area contributed by atoms with Crippen molar-refractivity contribution in [3.05, 3.63) is 35.1 Å². The first kappa shape index (κ1) is 16.4. The van der Waals surface area contributed by atoms with E-state index in [1.165, 1.54) is 6.07 Å². The summed E-state index contributed by atoms with van der Waals surface area (Å²) in [7, 11) is -2.88. The highest BCUT2D eigenvalue weighted by Crippen LogP contribution is 2.29. The van der Waals surface area contributed by atoms with E-state index in [1.54, 1.807) is 12.1 Å². The second-order valence-corrected chi connectivity index (χ2v) is 8.23. The standard InChI is InChI=1S/C16H24FNO2S/c1-3-18-10-15(13-6-7-21(19,20)11-13)8-14-9-16(17)5-4-12(14)2/h4-5,9,13,15,18H,3,6-8,10-11H2,1-2H3. The molecule has 3 nitrogen and oxygen atoms in total. The second-order valence-electron chi connectivity index (χ2n) is 6.01. The van der Waals surface area contributed by atoms with E-state index in [0.717, 1.165) is 37.1 Å². The highest BCUT2D eigenvalue weighted by Gasteiger charge is 2.33. The molecule has 1 heterocycles. The van der Waals surface area contributed by atoms with Crippen LogP contribution in [0.15, 0.2) is 18.2 Å². The summed E-state index contributed by atoms with van der Waals surface area (Å²) in [5, 5.41) is 3.32. The van der Waals surface area contributed by atoms with E-state index >= 15 is 0 Å². The molecule has 0 spiro atoms. The predicted molar refractivity (Wildman–Crippen MR) is 83.6 cm³/mol. The minimum Gasteiger partial charge on any atom is -0.317 e. The molecule has 0 bridgehead atoms. The third-order valence-corrected chi connectivity index (χ3v) is 6.18. The van der Waals surface area contributed by atoms with Crippen molar-refractivity contribution in [2.24, 2.45) is 11.8 Å². The molecule has 0 aliphatic carbocycles. The van der Waals surface area contributed by atoms with Gasteiger partial charge in [-0.2, -0.15) is 0 Å². The number of hydrogen-bond acceptors (Lipinski definition) is 3. The number of hydrogen-bond donors (Lipinski definition) is 1. The molecule has 1 aliphatic heterocycles. The van der Waals surface area contributed by atoms with Crippen molar-refractivity contribution in [2.45, 2.75) is 26.7 Å². The van der Waals surface area contributed by atoms with Gasteiger partial charge in [0.2, 0.25) is 0 Å². The first-order valence-corrected chi connectivity index (χ1v) is 9.39. The molecule has 5 heteroatoms. The molecule has 1 fully saturated rings. The molecule has 21 heavy (non-hydrogen) atoms. The van der Waals surface area contributed by atoms with Crippen molar-refractivity contribution in [1.82, 2.24) is 5.32 Å². The van der Waals surface area contributed by atoms with Crippen LogP contribution in [0, 0.1) is 24.6 Å². The summed E-state index contributed by atoms with van der Waals surface area (Å²) in [6.45, 7) is 5.66. The van der Waals surface area contributed by atoms with Gasteiger partial charge in [-0.25, -0.2) is 12.8 Å². The summed E-state index contributed by atoms with van der Waals surface area (Å²) in [4.78, 5) is 0. The highest BCUT2D eigenvalue weighted by molar-refractivity contribution is 7.91. The number of sulfone groups is 1. The van der Waals surface area contributed by atoms with Crippen LogP contribution < -0.4 is 5.32 Å². The Morgan fingerprint density at radius 3 is 2.81 bits per heavy atom. The third-order valence-electron chi connectivity index (χ3n) is 4.38. The van der Waals surface area contributed by atoms with Crippen LogP contribution in [0.2, 0.25) is 0 Å². The van der Waals surface area contributed by atoms with Crippen LogP contribution in [0.3, 0.4) is 0 Å². The van der Waals surface area contributed by atoms with Crippen LogP contribution in [0.1, 0.15) is 24.5 Å². The number of rotatable bonds is 6. The fourth-order valence-electron chi connectivity index (χ4n) is 3.07. The van der Waals surface area contributed by atoms with E-state index < -0.39 is 9.84 Å². The van der Waals surface area contributed by atoms with Crippen molar-refractivity contribution in [2.75, 3.05) is 24.6 Å². The second kappa shape index (κ2) is 6.88. The molecule has 0 radical (unpaired) electrons. The summed E-state index contributed by atoms with van der Waals surface area (Å²) in [5.74, 6) is 0.760. The lowest BCUT2D eigenvalue weighted by Gasteiger charge is -2.24. The van der Waals surface area contributed by atoms with Gasteiger partial charge in [-0.3, -0.25) is 0 Å². The van der Waals surface area contributed by atoms with Gasteiger partial charge in [0.1, 0.15) is 5.82 Å². The average Bonchev–Trinajstić information content (AvgIpc) is 2.78. The van der Waals surface area contributed by atoms with Gasteiger partial charge >= 0.3 is 0 Å². The molecule has 118 valence electrons. The van der Waals surface area contributed by atoms with E-state index in [2.05, 4.69) is 5.32 Å². The lowest BCUT2D eigenvalue weighted by Crippen LogP contribution is -2.30. The Kier molecular flexibility index (Phi) is 5.38. The van der Waals surface area contributed by atoms with Crippen molar-refractivity contribution in [3.63, 3.8) is 0 Å². The zero-order valence-corrected chi connectivity index (χ0v) is 13.5. The van der Waals surface area contributed by atoms with Gasteiger partial charge in [0.15, 0.2) is 9.84 Å². The minimum absolute atomic E-state index is 0.178. The molecular formula is C16H24FNO2S. The Balaban J connectivity index is 2.14. The molecule has 1 aromatic rings. The maximum absolute atomic E-state index is 13.4. The van der Waals surface area contributed by atoms with Crippen molar-refractivity contribution < 1.29 is 12.8 Å². The summed E-state index contributed by atoms with van der Waals surface area (Å²) in [6, 6.07) is 4.84. The predicted octanol–water partition coefficient (Wildman–Crippen LogP) is 2.34. The fraction of sp³-hybridized carbons (Fsp3) is 0.625. The zero-order chi connectivity index (χ0) is 15.5. The maximum atomic E-state index is 13.4. The van der Waals surface area contributed by atoms with Crippen LogP contribution in [0.25, 0.3) is 0 Å². The molecule has 1 saturated heterocycles. The molecule has 1 N–H and O–H groups in total. The summed E-state index contributed by atoms with van der Waals surface area (Å²) in [6.07, 6.45) is 1.46. The van der Waals surface area contributed by atoms with E-state index in [4.69, 9.17) is 0 Å². The number of halogens is 1. The van der Waals surface area contributed by atoms with Gasteiger partial charge in [0.25, 0.3) is 0 Å². The van der Waals surface area contributed by atoms with Gasteiger partial charge in [-0.05, 0) is 68.0 Å². The fourth-order valence-corrected chi connectivity index (χ4v) is 4.99. The van der Waals surface area contributed by atoms with Crippen LogP contribution in [-0.4, -0.2) is 33.0 Å². The molecule has 0 saturated carbocycles. The lowest BCUT2D eigenvalue weighted by atomic mass is 9.85. The molecule has 2 rings (SSSR count). The van der Waals surface area contributed by atoms with E-state index in [-0.39, 0.29) is 23.4 Å². The van der Waals surface area contributed by atoms with Crippen LogP contribution in [-0.2, 0) is 16.3 Å². The Morgan fingerprint density at radius 2 is 2.19 bits per heavy atom. The topological polar surface area (TPSA) is 46.2 Å². The van der Waals surface area contributed by atoms with Crippen LogP contribution in [0.5, 0.6) is 0 Å². The van der Waals surface area contributed by atoms with E-state index in [1.807, 2.05) is 13.8 Å². The number of aryl methyl sites for hydroxylation is 1. The zero-order valence-electron chi connectivity index (χ0n) is 12.7. The third kappa shape index (κ3) is 4.51. The molecule has 0 amide bonds. The molecular weight excluding hydrogens is 289 g/mol. The Labute approximate surface area is 126 Å². The first-order valence-electron chi connectivity index (χ1n) is 7.57. The molecule has 1 aromatic carbocycles. The first-order chi connectivity index (χ1) is 9.91. The molecule has 2 atom stereocenters. The van der Waals surface area contributed by atoms with E-state index in [9.17, 15) is 12.8 Å². The average molecular weight is 313 g/mol. The maximum Gasteiger partial charge on any atom is 0.150 e. The molecule has 1 aliphatic rings. The van der Waals surface area contributed by atoms with Gasteiger partial charge in [0, 0.05) is 0 Å². The van der Waals surface area contributed by atoms with Gasteiger partial charge in [-0.15, -0.1) is 0 Å².